The largest absolute Gasteiger partial charge is 0.481 e. The number of imide groups is 1. The van der Waals surface area contributed by atoms with E-state index in [0.717, 1.165) is 19.3 Å². The van der Waals surface area contributed by atoms with Crippen LogP contribution < -0.4 is 10.6 Å². The Morgan fingerprint density at radius 2 is 2.06 bits per heavy atom. The van der Waals surface area contributed by atoms with E-state index in [-0.39, 0.29) is 12.8 Å². The molecule has 0 aromatic heterocycles. The summed E-state index contributed by atoms with van der Waals surface area (Å²) in [5.74, 6) is -1.63. The van der Waals surface area contributed by atoms with Crippen molar-refractivity contribution in [3.05, 3.63) is 11.6 Å². The van der Waals surface area contributed by atoms with Crippen LogP contribution in [0.4, 0.5) is 4.79 Å². The molecule has 0 saturated heterocycles. The van der Waals surface area contributed by atoms with E-state index in [1.807, 2.05) is 0 Å². The predicted molar refractivity (Wildman–Crippen MR) is 65.0 cm³/mol. The van der Waals surface area contributed by atoms with Crippen LogP contribution in [0, 0.1) is 0 Å². The number of carbonyl (C=O) groups is 3. The summed E-state index contributed by atoms with van der Waals surface area (Å²) < 4.78 is 0. The number of aliphatic carboxylic acids is 1. The second-order valence-corrected chi connectivity index (χ2v) is 4.20. The molecule has 0 spiro atoms. The van der Waals surface area contributed by atoms with E-state index in [4.69, 9.17) is 5.11 Å². The van der Waals surface area contributed by atoms with Crippen molar-refractivity contribution in [1.29, 1.82) is 0 Å². The molecule has 3 N–H and O–H groups in total. The van der Waals surface area contributed by atoms with E-state index < -0.39 is 17.9 Å². The summed E-state index contributed by atoms with van der Waals surface area (Å²) in [5.41, 5.74) is 1.34. The smallest absolute Gasteiger partial charge is 0.321 e. The standard InChI is InChI=1S/C12H18N2O4/c15-10(5-6-11(16)17)14-12(18)13-8-7-9-3-1-2-4-9/h3H,1-2,4-8H2,(H,16,17)(H2,13,14,15,18). The van der Waals surface area contributed by atoms with E-state index in [2.05, 4.69) is 16.7 Å². The van der Waals surface area contributed by atoms with Crippen molar-refractivity contribution in [1.82, 2.24) is 10.6 Å². The first-order chi connectivity index (χ1) is 8.58. The van der Waals surface area contributed by atoms with E-state index in [9.17, 15) is 14.4 Å². The molecule has 3 amide bonds. The molecular formula is C12H18N2O4. The summed E-state index contributed by atoms with van der Waals surface area (Å²) in [6.07, 6.45) is 5.89. The molecule has 1 rings (SSSR count). The molecule has 0 saturated carbocycles. The van der Waals surface area contributed by atoms with Crippen LogP contribution in [-0.4, -0.2) is 29.6 Å². The molecule has 1 aliphatic carbocycles. The van der Waals surface area contributed by atoms with Gasteiger partial charge in [-0.05, 0) is 25.7 Å². The van der Waals surface area contributed by atoms with Crippen LogP contribution in [0.25, 0.3) is 0 Å². The zero-order valence-corrected chi connectivity index (χ0v) is 10.2. The van der Waals surface area contributed by atoms with Gasteiger partial charge in [0.2, 0.25) is 5.91 Å². The van der Waals surface area contributed by atoms with Gasteiger partial charge in [0.1, 0.15) is 0 Å². The number of amides is 3. The van der Waals surface area contributed by atoms with E-state index in [0.29, 0.717) is 6.54 Å². The predicted octanol–water partition coefficient (Wildman–Crippen LogP) is 1.18. The Hall–Kier alpha value is -1.85. The molecule has 0 unspecified atom stereocenters. The second-order valence-electron chi connectivity index (χ2n) is 4.20. The van der Waals surface area contributed by atoms with Gasteiger partial charge in [0.25, 0.3) is 0 Å². The van der Waals surface area contributed by atoms with Gasteiger partial charge in [0.15, 0.2) is 0 Å². The van der Waals surface area contributed by atoms with Crippen LogP contribution in [0.2, 0.25) is 0 Å². The topological polar surface area (TPSA) is 95.5 Å². The maximum absolute atomic E-state index is 11.3. The van der Waals surface area contributed by atoms with Crippen molar-refractivity contribution >= 4 is 17.9 Å². The van der Waals surface area contributed by atoms with Crippen LogP contribution in [-0.2, 0) is 9.59 Å². The lowest BCUT2D eigenvalue weighted by atomic mass is 10.2. The number of rotatable bonds is 6. The zero-order valence-electron chi connectivity index (χ0n) is 10.2. The van der Waals surface area contributed by atoms with Crippen LogP contribution >= 0.6 is 0 Å². The molecule has 6 heteroatoms. The Labute approximate surface area is 105 Å². The fourth-order valence-corrected chi connectivity index (χ4v) is 1.75. The van der Waals surface area contributed by atoms with Gasteiger partial charge in [-0.25, -0.2) is 4.79 Å². The molecule has 6 nitrogen and oxygen atoms in total. The number of carboxylic acid groups (broad SMARTS) is 1. The minimum atomic E-state index is -1.06. The van der Waals surface area contributed by atoms with Gasteiger partial charge in [-0.2, -0.15) is 0 Å². The lowest BCUT2D eigenvalue weighted by molar-refractivity contribution is -0.138. The number of hydrogen-bond acceptors (Lipinski definition) is 3. The van der Waals surface area contributed by atoms with Crippen LogP contribution in [0.3, 0.4) is 0 Å². The third-order valence-electron chi connectivity index (χ3n) is 2.69. The Morgan fingerprint density at radius 1 is 1.28 bits per heavy atom. The molecule has 0 heterocycles. The van der Waals surface area contributed by atoms with Crippen LogP contribution in [0.5, 0.6) is 0 Å². The highest BCUT2D eigenvalue weighted by Crippen LogP contribution is 2.19. The molecule has 18 heavy (non-hydrogen) atoms. The van der Waals surface area contributed by atoms with Gasteiger partial charge >= 0.3 is 12.0 Å². The van der Waals surface area contributed by atoms with Gasteiger partial charge < -0.3 is 10.4 Å². The highest BCUT2D eigenvalue weighted by Gasteiger charge is 2.09. The molecule has 100 valence electrons. The first kappa shape index (κ1) is 14.2. The molecule has 0 aliphatic heterocycles. The summed E-state index contributed by atoms with van der Waals surface area (Å²) >= 11 is 0. The summed E-state index contributed by atoms with van der Waals surface area (Å²) in [5, 5.41) is 13.0. The van der Waals surface area contributed by atoms with Crippen molar-refractivity contribution in [2.75, 3.05) is 6.54 Å². The Bertz CT molecular complexity index is 363. The average molecular weight is 254 g/mol. The monoisotopic (exact) mass is 254 g/mol. The fraction of sp³-hybridized carbons (Fsp3) is 0.583. The third kappa shape index (κ3) is 6.03. The molecule has 0 radical (unpaired) electrons. The van der Waals surface area contributed by atoms with Crippen LogP contribution in [0.1, 0.15) is 38.5 Å². The molecule has 0 aromatic carbocycles. The Kier molecular flexibility index (Phi) is 5.90. The first-order valence-electron chi connectivity index (χ1n) is 6.05. The van der Waals surface area contributed by atoms with Crippen molar-refractivity contribution in [2.24, 2.45) is 0 Å². The number of urea groups is 1. The van der Waals surface area contributed by atoms with Crippen molar-refractivity contribution in [3.63, 3.8) is 0 Å². The number of carbonyl (C=O) groups excluding carboxylic acids is 2. The molecule has 0 fully saturated rings. The molecule has 0 atom stereocenters. The number of allylic oxidation sites excluding steroid dienone is 1. The third-order valence-corrected chi connectivity index (χ3v) is 2.69. The van der Waals surface area contributed by atoms with Crippen molar-refractivity contribution in [2.45, 2.75) is 38.5 Å². The number of nitrogens with one attached hydrogen (secondary N) is 2. The van der Waals surface area contributed by atoms with Gasteiger partial charge in [-0.1, -0.05) is 11.6 Å². The Balaban J connectivity index is 2.09. The maximum atomic E-state index is 11.3. The number of hydrogen-bond donors (Lipinski definition) is 3. The first-order valence-corrected chi connectivity index (χ1v) is 6.05. The molecule has 1 aliphatic rings. The number of carboxylic acids is 1. The minimum Gasteiger partial charge on any atom is -0.481 e. The maximum Gasteiger partial charge on any atom is 0.321 e. The normalized spacial score (nSPS) is 13.9. The summed E-state index contributed by atoms with van der Waals surface area (Å²) in [7, 11) is 0. The average Bonchev–Trinajstić information content (AvgIpc) is 2.79. The van der Waals surface area contributed by atoms with E-state index in [1.165, 1.54) is 12.0 Å². The minimum absolute atomic E-state index is 0.187. The van der Waals surface area contributed by atoms with Gasteiger partial charge in [-0.3, -0.25) is 14.9 Å². The Morgan fingerprint density at radius 3 is 2.67 bits per heavy atom. The summed E-state index contributed by atoms with van der Waals surface area (Å²) in [4.78, 5) is 32.6. The quantitative estimate of drug-likeness (QED) is 0.620. The van der Waals surface area contributed by atoms with Crippen LogP contribution in [0.15, 0.2) is 11.6 Å². The van der Waals surface area contributed by atoms with E-state index >= 15 is 0 Å². The molecular weight excluding hydrogens is 236 g/mol. The van der Waals surface area contributed by atoms with Crippen molar-refractivity contribution in [3.8, 4) is 0 Å². The summed E-state index contributed by atoms with van der Waals surface area (Å²) in [6.45, 7) is 0.490. The second kappa shape index (κ2) is 7.47. The van der Waals surface area contributed by atoms with Gasteiger partial charge in [0.05, 0.1) is 6.42 Å². The lowest BCUT2D eigenvalue weighted by Gasteiger charge is -2.06. The molecule has 0 aromatic rings. The highest BCUT2D eigenvalue weighted by molar-refractivity contribution is 5.95. The fourth-order valence-electron chi connectivity index (χ4n) is 1.75. The van der Waals surface area contributed by atoms with Gasteiger partial charge in [-0.15, -0.1) is 0 Å². The SMILES string of the molecule is O=C(O)CCC(=O)NC(=O)NCCC1=CCCC1. The molecule has 0 bridgehead atoms. The lowest BCUT2D eigenvalue weighted by Crippen LogP contribution is -2.39. The highest BCUT2D eigenvalue weighted by atomic mass is 16.4. The zero-order chi connectivity index (χ0) is 13.4. The van der Waals surface area contributed by atoms with E-state index in [1.54, 1.807) is 0 Å². The summed E-state index contributed by atoms with van der Waals surface area (Å²) in [6, 6.07) is -0.566. The van der Waals surface area contributed by atoms with Gasteiger partial charge in [0, 0.05) is 13.0 Å². The van der Waals surface area contributed by atoms with Crippen molar-refractivity contribution < 1.29 is 19.5 Å².